The standard InChI is InChI=1S/C11H20N2O2S/c1-2-12-4-6-13(7-5-12)11(10(14)15)3-8-16-9-11/h2-9H2,1H3,(H,14,15). The average molecular weight is 244 g/mol. The molecule has 92 valence electrons. The third kappa shape index (κ3) is 2.08. The second-order valence-electron chi connectivity index (χ2n) is 4.56. The molecular weight excluding hydrogens is 224 g/mol. The maximum atomic E-state index is 11.5. The molecule has 0 bridgehead atoms. The Morgan fingerprint density at radius 2 is 2.06 bits per heavy atom. The van der Waals surface area contributed by atoms with Crippen LogP contribution in [0.15, 0.2) is 0 Å². The first-order chi connectivity index (χ1) is 7.69. The molecular formula is C11H20N2O2S. The zero-order valence-corrected chi connectivity index (χ0v) is 10.6. The van der Waals surface area contributed by atoms with Crippen molar-refractivity contribution in [3.05, 3.63) is 0 Å². The molecule has 2 rings (SSSR count). The Morgan fingerprint density at radius 1 is 1.38 bits per heavy atom. The summed E-state index contributed by atoms with van der Waals surface area (Å²) in [4.78, 5) is 16.1. The molecule has 1 unspecified atom stereocenters. The molecule has 16 heavy (non-hydrogen) atoms. The highest BCUT2D eigenvalue weighted by molar-refractivity contribution is 7.99. The van der Waals surface area contributed by atoms with Gasteiger partial charge in [-0.25, -0.2) is 0 Å². The van der Waals surface area contributed by atoms with Crippen molar-refractivity contribution in [2.24, 2.45) is 0 Å². The fourth-order valence-corrected chi connectivity index (χ4v) is 4.01. The van der Waals surface area contributed by atoms with E-state index >= 15 is 0 Å². The quantitative estimate of drug-likeness (QED) is 0.787. The Balaban J connectivity index is 2.03. The number of carbonyl (C=O) groups is 1. The van der Waals surface area contributed by atoms with Crippen molar-refractivity contribution in [3.8, 4) is 0 Å². The topological polar surface area (TPSA) is 43.8 Å². The number of hydrogen-bond acceptors (Lipinski definition) is 4. The molecule has 4 nitrogen and oxygen atoms in total. The van der Waals surface area contributed by atoms with Crippen molar-refractivity contribution in [1.82, 2.24) is 9.80 Å². The van der Waals surface area contributed by atoms with Crippen molar-refractivity contribution in [2.45, 2.75) is 18.9 Å². The summed E-state index contributed by atoms with van der Waals surface area (Å²) >= 11 is 1.77. The lowest BCUT2D eigenvalue weighted by molar-refractivity contribution is -0.151. The highest BCUT2D eigenvalue weighted by Gasteiger charge is 2.47. The van der Waals surface area contributed by atoms with Crippen molar-refractivity contribution in [1.29, 1.82) is 0 Å². The van der Waals surface area contributed by atoms with Crippen LogP contribution in [-0.2, 0) is 4.79 Å². The van der Waals surface area contributed by atoms with Gasteiger partial charge in [-0.15, -0.1) is 0 Å². The van der Waals surface area contributed by atoms with Gasteiger partial charge in [0, 0.05) is 31.9 Å². The van der Waals surface area contributed by atoms with Gasteiger partial charge in [-0.3, -0.25) is 9.69 Å². The van der Waals surface area contributed by atoms with Crippen LogP contribution in [-0.4, -0.2) is 70.6 Å². The number of likely N-dealkylation sites (N-methyl/N-ethyl adjacent to an activating group) is 1. The molecule has 1 atom stereocenters. The van der Waals surface area contributed by atoms with Gasteiger partial charge >= 0.3 is 5.97 Å². The minimum Gasteiger partial charge on any atom is -0.480 e. The zero-order valence-electron chi connectivity index (χ0n) is 9.81. The summed E-state index contributed by atoms with van der Waals surface area (Å²) in [7, 11) is 0. The van der Waals surface area contributed by atoms with Crippen LogP contribution in [0.25, 0.3) is 0 Å². The number of thioether (sulfide) groups is 1. The molecule has 0 aliphatic carbocycles. The van der Waals surface area contributed by atoms with Crippen molar-refractivity contribution in [3.63, 3.8) is 0 Å². The molecule has 2 saturated heterocycles. The third-order valence-electron chi connectivity index (χ3n) is 3.82. The summed E-state index contributed by atoms with van der Waals surface area (Å²) in [5, 5.41) is 9.47. The van der Waals surface area contributed by atoms with Gasteiger partial charge in [0.05, 0.1) is 0 Å². The fourth-order valence-electron chi connectivity index (χ4n) is 2.60. The second-order valence-corrected chi connectivity index (χ2v) is 5.67. The number of aliphatic carboxylic acids is 1. The highest BCUT2D eigenvalue weighted by atomic mass is 32.2. The van der Waals surface area contributed by atoms with Gasteiger partial charge in [0.1, 0.15) is 5.54 Å². The van der Waals surface area contributed by atoms with E-state index in [1.165, 1.54) is 0 Å². The zero-order chi connectivity index (χ0) is 11.6. The predicted molar refractivity (Wildman–Crippen MR) is 66.0 cm³/mol. The maximum Gasteiger partial charge on any atom is 0.325 e. The van der Waals surface area contributed by atoms with Gasteiger partial charge < -0.3 is 10.0 Å². The monoisotopic (exact) mass is 244 g/mol. The van der Waals surface area contributed by atoms with E-state index in [0.29, 0.717) is 0 Å². The van der Waals surface area contributed by atoms with Crippen LogP contribution in [0.5, 0.6) is 0 Å². The third-order valence-corrected chi connectivity index (χ3v) is 5.00. The molecule has 2 aliphatic heterocycles. The summed E-state index contributed by atoms with van der Waals surface area (Å²) in [5.74, 6) is 1.12. The largest absolute Gasteiger partial charge is 0.480 e. The van der Waals surface area contributed by atoms with E-state index in [2.05, 4.69) is 16.7 Å². The molecule has 2 heterocycles. The second kappa shape index (κ2) is 4.94. The van der Waals surface area contributed by atoms with Gasteiger partial charge in [-0.05, 0) is 18.7 Å². The fraction of sp³-hybridized carbons (Fsp3) is 0.909. The van der Waals surface area contributed by atoms with E-state index in [4.69, 9.17) is 0 Å². The Bertz CT molecular complexity index is 259. The number of piperazine rings is 1. The van der Waals surface area contributed by atoms with Gasteiger partial charge in [-0.2, -0.15) is 11.8 Å². The average Bonchev–Trinajstić information content (AvgIpc) is 2.79. The Morgan fingerprint density at radius 3 is 2.50 bits per heavy atom. The first-order valence-corrected chi connectivity index (χ1v) is 7.13. The van der Waals surface area contributed by atoms with E-state index in [0.717, 1.165) is 50.7 Å². The molecule has 0 radical (unpaired) electrons. The van der Waals surface area contributed by atoms with Crippen LogP contribution in [0.1, 0.15) is 13.3 Å². The normalized spacial score (nSPS) is 33.1. The SMILES string of the molecule is CCN1CCN(C2(C(=O)O)CCSC2)CC1. The number of hydrogen-bond donors (Lipinski definition) is 1. The van der Waals surface area contributed by atoms with Crippen LogP contribution in [0.4, 0.5) is 0 Å². The van der Waals surface area contributed by atoms with E-state index in [1.54, 1.807) is 11.8 Å². The molecule has 0 aromatic rings. The minimum absolute atomic E-state index is 0.565. The van der Waals surface area contributed by atoms with Crippen molar-refractivity contribution in [2.75, 3.05) is 44.2 Å². The molecule has 2 aliphatic rings. The molecule has 0 aromatic carbocycles. The minimum atomic E-state index is -0.623. The summed E-state index contributed by atoms with van der Waals surface area (Å²) in [6, 6.07) is 0. The number of rotatable bonds is 3. The van der Waals surface area contributed by atoms with Crippen LogP contribution in [0, 0.1) is 0 Å². The van der Waals surface area contributed by atoms with Crippen LogP contribution < -0.4 is 0 Å². The maximum absolute atomic E-state index is 11.5. The van der Waals surface area contributed by atoms with E-state index in [9.17, 15) is 9.90 Å². The van der Waals surface area contributed by atoms with Gasteiger partial charge in [-0.1, -0.05) is 6.92 Å². The van der Waals surface area contributed by atoms with E-state index in [1.807, 2.05) is 0 Å². The van der Waals surface area contributed by atoms with Crippen LogP contribution in [0.3, 0.4) is 0 Å². The Labute approximate surface area is 101 Å². The number of carboxylic acids is 1. The van der Waals surface area contributed by atoms with Gasteiger partial charge in [0.2, 0.25) is 0 Å². The van der Waals surface area contributed by atoms with Crippen LogP contribution >= 0.6 is 11.8 Å². The first kappa shape index (κ1) is 12.2. The van der Waals surface area contributed by atoms with Crippen molar-refractivity contribution >= 4 is 17.7 Å². The highest BCUT2D eigenvalue weighted by Crippen LogP contribution is 2.34. The summed E-state index contributed by atoms with van der Waals surface area (Å²) in [6.45, 7) is 7.06. The predicted octanol–water partition coefficient (Wildman–Crippen LogP) is 0.584. The van der Waals surface area contributed by atoms with Crippen LogP contribution in [0.2, 0.25) is 0 Å². The Hall–Kier alpha value is -0.260. The lowest BCUT2D eigenvalue weighted by Gasteiger charge is -2.42. The van der Waals surface area contributed by atoms with Gasteiger partial charge in [0.15, 0.2) is 0 Å². The molecule has 0 spiro atoms. The van der Waals surface area contributed by atoms with E-state index < -0.39 is 11.5 Å². The molecule has 5 heteroatoms. The van der Waals surface area contributed by atoms with E-state index in [-0.39, 0.29) is 0 Å². The van der Waals surface area contributed by atoms with Gasteiger partial charge in [0.25, 0.3) is 0 Å². The number of nitrogens with zero attached hydrogens (tertiary/aromatic N) is 2. The molecule has 0 saturated carbocycles. The molecule has 0 aromatic heterocycles. The molecule has 1 N–H and O–H groups in total. The first-order valence-electron chi connectivity index (χ1n) is 5.97. The number of carboxylic acid groups (broad SMARTS) is 1. The lowest BCUT2D eigenvalue weighted by Crippen LogP contribution is -2.61. The Kier molecular flexibility index (Phi) is 3.77. The van der Waals surface area contributed by atoms with Crippen molar-refractivity contribution < 1.29 is 9.90 Å². The summed E-state index contributed by atoms with van der Waals surface area (Å²) < 4.78 is 0. The summed E-state index contributed by atoms with van der Waals surface area (Å²) in [6.07, 6.45) is 0.805. The smallest absolute Gasteiger partial charge is 0.325 e. The molecule has 0 amide bonds. The summed E-state index contributed by atoms with van der Waals surface area (Å²) in [5.41, 5.74) is -0.565. The lowest BCUT2D eigenvalue weighted by atomic mass is 9.95. The molecule has 2 fully saturated rings.